The third-order valence-corrected chi connectivity index (χ3v) is 8.44. The minimum Gasteiger partial charge on any atom is -0.378 e. The van der Waals surface area contributed by atoms with Gasteiger partial charge < -0.3 is 4.90 Å². The molecule has 116 valence electrons. The van der Waals surface area contributed by atoms with E-state index in [0.29, 0.717) is 10.5 Å². The normalized spacial score (nSPS) is 37.5. The highest BCUT2D eigenvalue weighted by atomic mass is 32.2. The lowest BCUT2D eigenvalue weighted by molar-refractivity contribution is 0.0971. The molecule has 4 rings (SSSR count). The molecule has 0 aromatic heterocycles. The van der Waals surface area contributed by atoms with Gasteiger partial charge in [0.25, 0.3) is 0 Å². The molecule has 3 nitrogen and oxygen atoms in total. The quantitative estimate of drug-likeness (QED) is 0.479. The van der Waals surface area contributed by atoms with Crippen molar-refractivity contribution in [1.29, 1.82) is 0 Å². The fourth-order valence-corrected chi connectivity index (χ4v) is 6.67. The number of carbonyl (C=O) groups is 1. The predicted molar refractivity (Wildman–Crippen MR) is 96.1 cm³/mol. The third kappa shape index (κ3) is 1.85. The van der Waals surface area contributed by atoms with Crippen molar-refractivity contribution in [2.75, 3.05) is 33.1 Å². The molecule has 2 heterocycles. The highest BCUT2D eigenvalue weighted by Gasteiger charge is 2.76. The van der Waals surface area contributed by atoms with Gasteiger partial charge in [-0.3, -0.25) is 9.69 Å². The molecule has 4 atom stereocenters. The number of likely N-dealkylation sites (N-methyl/N-ethyl adjacent to an activating group) is 1. The van der Waals surface area contributed by atoms with Gasteiger partial charge in [0.1, 0.15) is 4.75 Å². The molecule has 0 spiro atoms. The molecule has 3 aliphatic rings. The molecule has 5 heteroatoms. The van der Waals surface area contributed by atoms with E-state index in [0.717, 1.165) is 11.3 Å². The van der Waals surface area contributed by atoms with Gasteiger partial charge in [0, 0.05) is 30.6 Å². The summed E-state index contributed by atoms with van der Waals surface area (Å²) in [5.41, 5.74) is 1.95. The molecular weight excluding hydrogens is 312 g/mol. The molecule has 0 radical (unpaired) electrons. The SMILES string of the molecule is CN(C)c1ccc(C(=O)C23C=CC4(N(C)C)SC4C2S3)cc1. The molecular formula is C17H20N2OS2. The van der Waals surface area contributed by atoms with Gasteiger partial charge >= 0.3 is 0 Å². The smallest absolute Gasteiger partial charge is 0.183 e. The second-order valence-corrected chi connectivity index (χ2v) is 9.44. The van der Waals surface area contributed by atoms with Gasteiger partial charge in [0.2, 0.25) is 0 Å². The van der Waals surface area contributed by atoms with E-state index >= 15 is 0 Å². The molecule has 2 aliphatic heterocycles. The molecule has 0 amide bonds. The minimum atomic E-state index is -0.298. The van der Waals surface area contributed by atoms with Crippen LogP contribution in [0.3, 0.4) is 0 Å². The summed E-state index contributed by atoms with van der Waals surface area (Å²) >= 11 is 3.81. The molecule has 2 fully saturated rings. The second-order valence-electron chi connectivity index (χ2n) is 6.62. The summed E-state index contributed by atoms with van der Waals surface area (Å²) in [6, 6.07) is 7.97. The molecule has 2 saturated heterocycles. The first-order valence-electron chi connectivity index (χ1n) is 7.46. The maximum absolute atomic E-state index is 13.0. The van der Waals surface area contributed by atoms with Crippen molar-refractivity contribution >= 4 is 35.0 Å². The number of nitrogens with zero attached hydrogens (tertiary/aromatic N) is 2. The van der Waals surface area contributed by atoms with E-state index in [1.807, 2.05) is 66.8 Å². The Labute approximate surface area is 140 Å². The molecule has 0 saturated carbocycles. The highest BCUT2D eigenvalue weighted by Crippen LogP contribution is 2.74. The zero-order valence-corrected chi connectivity index (χ0v) is 14.9. The number of carbonyl (C=O) groups excluding carboxylic acids is 1. The highest BCUT2D eigenvalue weighted by molar-refractivity contribution is 8.14. The van der Waals surface area contributed by atoms with Gasteiger partial charge in [-0.2, -0.15) is 0 Å². The monoisotopic (exact) mass is 332 g/mol. The average Bonchev–Trinajstić information content (AvgIpc) is 3.36. The van der Waals surface area contributed by atoms with Crippen LogP contribution in [0.4, 0.5) is 5.69 Å². The lowest BCUT2D eigenvalue weighted by atomic mass is 9.86. The summed E-state index contributed by atoms with van der Waals surface area (Å²) in [4.78, 5) is 17.4. The van der Waals surface area contributed by atoms with Gasteiger partial charge in [-0.05, 0) is 38.4 Å². The Balaban J connectivity index is 1.59. The Hall–Kier alpha value is -0.910. The summed E-state index contributed by atoms with van der Waals surface area (Å²) in [6.07, 6.45) is 4.42. The van der Waals surface area contributed by atoms with E-state index in [1.54, 1.807) is 0 Å². The maximum atomic E-state index is 13.0. The molecule has 1 aliphatic carbocycles. The number of fused-ring (bicyclic) bond motifs is 3. The van der Waals surface area contributed by atoms with Gasteiger partial charge in [0.05, 0.1) is 10.1 Å². The summed E-state index contributed by atoms with van der Waals surface area (Å²) in [5.74, 6) is 0.268. The van der Waals surface area contributed by atoms with Crippen LogP contribution in [-0.4, -0.2) is 59.0 Å². The average molecular weight is 332 g/mol. The topological polar surface area (TPSA) is 23.6 Å². The summed E-state index contributed by atoms with van der Waals surface area (Å²) < 4.78 is -0.298. The van der Waals surface area contributed by atoms with Crippen LogP contribution in [-0.2, 0) is 0 Å². The number of hydrogen-bond acceptors (Lipinski definition) is 5. The van der Waals surface area contributed by atoms with E-state index < -0.39 is 0 Å². The lowest BCUT2D eigenvalue weighted by Gasteiger charge is -2.24. The minimum absolute atomic E-state index is 0.146. The Bertz CT molecular complexity index is 670. The van der Waals surface area contributed by atoms with Crippen molar-refractivity contribution < 1.29 is 4.79 Å². The summed E-state index contributed by atoms with van der Waals surface area (Å²) in [6.45, 7) is 0. The van der Waals surface area contributed by atoms with Crippen LogP contribution in [0.5, 0.6) is 0 Å². The van der Waals surface area contributed by atoms with Gasteiger partial charge in [0.15, 0.2) is 5.78 Å². The first kappa shape index (κ1) is 14.7. The second kappa shape index (κ2) is 4.56. The Kier molecular flexibility index (Phi) is 3.04. The predicted octanol–water partition coefficient (Wildman–Crippen LogP) is 2.73. The standard InChI is InChI=1S/C17H20N2OS2/c1-18(2)12-7-5-11(6-8-12)13(20)16-9-10-17(19(3)4)15(22-17)14(16)21-16/h5-10,14-15H,1-4H3. The number of Topliss-reactive ketones (excluding diaryl/α,β-unsaturated/α-hetero) is 1. The molecule has 1 aromatic carbocycles. The zero-order valence-electron chi connectivity index (χ0n) is 13.2. The first-order valence-corrected chi connectivity index (χ1v) is 9.22. The largest absolute Gasteiger partial charge is 0.378 e. The fourth-order valence-electron chi connectivity index (χ4n) is 3.33. The Morgan fingerprint density at radius 2 is 1.68 bits per heavy atom. The van der Waals surface area contributed by atoms with Crippen molar-refractivity contribution in [2.24, 2.45) is 0 Å². The van der Waals surface area contributed by atoms with Crippen molar-refractivity contribution in [3.05, 3.63) is 42.0 Å². The fraction of sp³-hybridized carbons (Fsp3) is 0.471. The lowest BCUT2D eigenvalue weighted by Crippen LogP contribution is -2.39. The molecule has 0 N–H and O–H groups in total. The molecule has 22 heavy (non-hydrogen) atoms. The van der Waals surface area contributed by atoms with Gasteiger partial charge in [-0.1, -0.05) is 12.2 Å². The zero-order chi connectivity index (χ0) is 15.7. The third-order valence-electron chi connectivity index (χ3n) is 4.90. The van der Waals surface area contributed by atoms with E-state index in [1.165, 1.54) is 0 Å². The van der Waals surface area contributed by atoms with Crippen LogP contribution in [0, 0.1) is 0 Å². The number of rotatable bonds is 4. The van der Waals surface area contributed by atoms with Gasteiger partial charge in [-0.15, -0.1) is 23.5 Å². The maximum Gasteiger partial charge on any atom is 0.183 e. The number of hydrogen-bond donors (Lipinski definition) is 0. The van der Waals surface area contributed by atoms with E-state index in [2.05, 4.69) is 31.1 Å². The van der Waals surface area contributed by atoms with Gasteiger partial charge in [-0.25, -0.2) is 0 Å². The summed E-state index contributed by atoms with van der Waals surface area (Å²) in [7, 11) is 8.27. The Morgan fingerprint density at radius 1 is 1.00 bits per heavy atom. The Morgan fingerprint density at radius 3 is 2.27 bits per heavy atom. The van der Waals surface area contributed by atoms with Crippen LogP contribution in [0.2, 0.25) is 0 Å². The van der Waals surface area contributed by atoms with Crippen LogP contribution in [0.1, 0.15) is 10.4 Å². The van der Waals surface area contributed by atoms with E-state index in [4.69, 9.17) is 0 Å². The molecule has 4 unspecified atom stereocenters. The summed E-state index contributed by atoms with van der Waals surface area (Å²) in [5, 5.41) is 0.994. The number of thioether (sulfide) groups is 2. The van der Waals surface area contributed by atoms with Crippen molar-refractivity contribution in [3.8, 4) is 0 Å². The number of ketones is 1. The molecule has 0 bridgehead atoms. The van der Waals surface area contributed by atoms with Crippen LogP contribution in [0.15, 0.2) is 36.4 Å². The van der Waals surface area contributed by atoms with E-state index in [9.17, 15) is 4.79 Å². The van der Waals surface area contributed by atoms with E-state index in [-0.39, 0.29) is 15.4 Å². The van der Waals surface area contributed by atoms with Crippen molar-refractivity contribution in [3.63, 3.8) is 0 Å². The first-order chi connectivity index (χ1) is 10.4. The van der Waals surface area contributed by atoms with Crippen molar-refractivity contribution in [2.45, 2.75) is 20.1 Å². The number of benzene rings is 1. The molecule has 1 aromatic rings. The van der Waals surface area contributed by atoms with Crippen LogP contribution in [0.25, 0.3) is 0 Å². The van der Waals surface area contributed by atoms with Crippen LogP contribution < -0.4 is 4.90 Å². The van der Waals surface area contributed by atoms with Crippen LogP contribution >= 0.6 is 23.5 Å². The number of anilines is 1. The van der Waals surface area contributed by atoms with Crippen molar-refractivity contribution in [1.82, 2.24) is 4.90 Å².